The van der Waals surface area contributed by atoms with E-state index in [1.807, 2.05) is 30.3 Å². The number of methoxy groups -OCH3 is 1. The van der Waals surface area contributed by atoms with Gasteiger partial charge in [-0.3, -0.25) is 4.79 Å². The number of ether oxygens (including phenoxy) is 1. The second-order valence-corrected chi connectivity index (χ2v) is 4.68. The minimum Gasteiger partial charge on any atom is -0.497 e. The highest BCUT2D eigenvalue weighted by Gasteiger charge is 2.15. The van der Waals surface area contributed by atoms with Crippen LogP contribution in [0.2, 0.25) is 0 Å². The van der Waals surface area contributed by atoms with Crippen molar-refractivity contribution in [2.75, 3.05) is 13.7 Å². The number of benzene rings is 2. The number of carbonyl (C=O) groups is 1. The standard InChI is InChI=1S/C17H19NO3/c1-21-15-9-7-14(8-10-15)17(20)18-16(11-12-19)13-5-3-2-4-6-13/h2-10,16,19H,11-12H2,1H3,(H,18,20). The van der Waals surface area contributed by atoms with Gasteiger partial charge in [-0.05, 0) is 36.2 Å². The van der Waals surface area contributed by atoms with Crippen LogP contribution in [0.5, 0.6) is 5.75 Å². The molecule has 1 unspecified atom stereocenters. The number of hydrogen-bond acceptors (Lipinski definition) is 3. The molecule has 0 saturated carbocycles. The molecule has 110 valence electrons. The highest BCUT2D eigenvalue weighted by molar-refractivity contribution is 5.94. The molecule has 0 radical (unpaired) electrons. The molecule has 0 aliphatic carbocycles. The zero-order valence-corrected chi connectivity index (χ0v) is 12.0. The van der Waals surface area contributed by atoms with Gasteiger partial charge < -0.3 is 15.2 Å². The third kappa shape index (κ3) is 4.07. The molecule has 0 fully saturated rings. The topological polar surface area (TPSA) is 58.6 Å². The minimum atomic E-state index is -0.203. The van der Waals surface area contributed by atoms with Gasteiger partial charge in [0, 0.05) is 12.2 Å². The lowest BCUT2D eigenvalue weighted by molar-refractivity contribution is 0.0930. The van der Waals surface area contributed by atoms with Crippen molar-refractivity contribution in [2.24, 2.45) is 0 Å². The average Bonchev–Trinajstić information content (AvgIpc) is 2.55. The molecule has 0 spiro atoms. The first-order chi connectivity index (χ1) is 10.2. The molecular weight excluding hydrogens is 266 g/mol. The van der Waals surface area contributed by atoms with E-state index in [0.29, 0.717) is 17.7 Å². The summed E-state index contributed by atoms with van der Waals surface area (Å²) >= 11 is 0. The molecule has 0 heterocycles. The summed E-state index contributed by atoms with van der Waals surface area (Å²) in [5, 5.41) is 12.1. The smallest absolute Gasteiger partial charge is 0.251 e. The van der Waals surface area contributed by atoms with Gasteiger partial charge in [-0.25, -0.2) is 0 Å². The largest absolute Gasteiger partial charge is 0.497 e. The molecule has 1 amide bonds. The molecule has 2 rings (SSSR count). The molecule has 0 bridgehead atoms. The molecule has 2 aromatic rings. The minimum absolute atomic E-state index is 0.0163. The Morgan fingerprint density at radius 1 is 1.14 bits per heavy atom. The van der Waals surface area contributed by atoms with Gasteiger partial charge in [-0.15, -0.1) is 0 Å². The second kappa shape index (κ2) is 7.45. The fourth-order valence-corrected chi connectivity index (χ4v) is 2.12. The van der Waals surface area contributed by atoms with Crippen LogP contribution in [-0.4, -0.2) is 24.7 Å². The SMILES string of the molecule is COc1ccc(C(=O)NC(CCO)c2ccccc2)cc1. The maximum atomic E-state index is 12.3. The normalized spacial score (nSPS) is 11.7. The van der Waals surface area contributed by atoms with E-state index in [9.17, 15) is 9.90 Å². The number of amides is 1. The summed E-state index contributed by atoms with van der Waals surface area (Å²) in [6.45, 7) is 0.0163. The van der Waals surface area contributed by atoms with Gasteiger partial charge in [-0.2, -0.15) is 0 Å². The molecular formula is C17H19NO3. The lowest BCUT2D eigenvalue weighted by atomic mass is 10.0. The molecule has 4 heteroatoms. The molecule has 2 aromatic carbocycles. The molecule has 2 N–H and O–H groups in total. The Bertz CT molecular complexity index is 566. The first-order valence-electron chi connectivity index (χ1n) is 6.85. The Balaban J connectivity index is 2.10. The van der Waals surface area contributed by atoms with Crippen molar-refractivity contribution in [3.8, 4) is 5.75 Å². The fraction of sp³-hybridized carbons (Fsp3) is 0.235. The number of carbonyl (C=O) groups excluding carboxylic acids is 1. The van der Waals surface area contributed by atoms with E-state index < -0.39 is 0 Å². The van der Waals surface area contributed by atoms with Crippen molar-refractivity contribution in [1.82, 2.24) is 5.32 Å². The van der Waals surface area contributed by atoms with E-state index in [1.54, 1.807) is 31.4 Å². The van der Waals surface area contributed by atoms with Crippen molar-refractivity contribution >= 4 is 5.91 Å². The second-order valence-electron chi connectivity index (χ2n) is 4.68. The van der Waals surface area contributed by atoms with Gasteiger partial charge in [0.05, 0.1) is 13.2 Å². The molecule has 0 aliphatic heterocycles. The van der Waals surface area contributed by atoms with Crippen molar-refractivity contribution in [2.45, 2.75) is 12.5 Å². The highest BCUT2D eigenvalue weighted by Crippen LogP contribution is 2.18. The number of nitrogens with one attached hydrogen (secondary N) is 1. The number of aliphatic hydroxyl groups is 1. The third-order valence-electron chi connectivity index (χ3n) is 3.28. The van der Waals surface area contributed by atoms with Gasteiger partial charge >= 0.3 is 0 Å². The van der Waals surface area contributed by atoms with Crippen molar-refractivity contribution < 1.29 is 14.6 Å². The average molecular weight is 285 g/mol. The zero-order valence-electron chi connectivity index (χ0n) is 12.0. The number of hydrogen-bond donors (Lipinski definition) is 2. The first kappa shape index (κ1) is 15.1. The maximum Gasteiger partial charge on any atom is 0.251 e. The van der Waals surface area contributed by atoms with Crippen LogP contribution in [-0.2, 0) is 0 Å². The summed E-state index contributed by atoms with van der Waals surface area (Å²) < 4.78 is 5.07. The van der Waals surface area contributed by atoms with Gasteiger partial charge in [0.2, 0.25) is 0 Å². The summed E-state index contributed by atoms with van der Waals surface area (Å²) in [5.41, 5.74) is 1.54. The van der Waals surface area contributed by atoms with Gasteiger partial charge in [-0.1, -0.05) is 30.3 Å². The summed E-state index contributed by atoms with van der Waals surface area (Å²) in [5.74, 6) is 0.543. The Morgan fingerprint density at radius 2 is 1.81 bits per heavy atom. The maximum absolute atomic E-state index is 12.3. The van der Waals surface area contributed by atoms with E-state index in [-0.39, 0.29) is 18.6 Å². The Morgan fingerprint density at radius 3 is 2.38 bits per heavy atom. The molecule has 0 aliphatic rings. The van der Waals surface area contributed by atoms with E-state index in [1.165, 1.54) is 0 Å². The van der Waals surface area contributed by atoms with Crippen LogP contribution >= 0.6 is 0 Å². The van der Waals surface area contributed by atoms with Crippen LogP contribution in [0, 0.1) is 0 Å². The Kier molecular flexibility index (Phi) is 5.35. The monoisotopic (exact) mass is 285 g/mol. The molecule has 0 saturated heterocycles. The van der Waals surface area contributed by atoms with Crippen LogP contribution in [0.15, 0.2) is 54.6 Å². The van der Waals surface area contributed by atoms with Crippen LogP contribution in [0.25, 0.3) is 0 Å². The summed E-state index contributed by atoms with van der Waals surface area (Å²) in [7, 11) is 1.59. The first-order valence-corrected chi connectivity index (χ1v) is 6.85. The fourth-order valence-electron chi connectivity index (χ4n) is 2.12. The van der Waals surface area contributed by atoms with Crippen LogP contribution in [0.1, 0.15) is 28.4 Å². The Labute approximate surface area is 124 Å². The predicted molar refractivity (Wildman–Crippen MR) is 81.3 cm³/mol. The predicted octanol–water partition coefficient (Wildman–Crippen LogP) is 2.55. The van der Waals surface area contributed by atoms with E-state index >= 15 is 0 Å². The van der Waals surface area contributed by atoms with E-state index in [4.69, 9.17) is 4.74 Å². The van der Waals surface area contributed by atoms with E-state index in [2.05, 4.69) is 5.32 Å². The molecule has 0 aromatic heterocycles. The quantitative estimate of drug-likeness (QED) is 0.857. The number of rotatable bonds is 6. The molecule has 4 nitrogen and oxygen atoms in total. The van der Waals surface area contributed by atoms with Crippen LogP contribution in [0.4, 0.5) is 0 Å². The lowest BCUT2D eigenvalue weighted by Gasteiger charge is -2.18. The van der Waals surface area contributed by atoms with Crippen LogP contribution < -0.4 is 10.1 Å². The lowest BCUT2D eigenvalue weighted by Crippen LogP contribution is -2.29. The third-order valence-corrected chi connectivity index (χ3v) is 3.28. The Hall–Kier alpha value is -2.33. The van der Waals surface area contributed by atoms with Gasteiger partial charge in [0.15, 0.2) is 0 Å². The molecule has 1 atom stereocenters. The van der Waals surface area contributed by atoms with Crippen molar-refractivity contribution in [3.05, 3.63) is 65.7 Å². The summed E-state index contributed by atoms with van der Waals surface area (Å²) in [6.07, 6.45) is 0.478. The van der Waals surface area contributed by atoms with Gasteiger partial charge in [0.25, 0.3) is 5.91 Å². The summed E-state index contributed by atoms with van der Waals surface area (Å²) in [6, 6.07) is 16.4. The van der Waals surface area contributed by atoms with Gasteiger partial charge in [0.1, 0.15) is 5.75 Å². The summed E-state index contributed by atoms with van der Waals surface area (Å²) in [4.78, 5) is 12.3. The van der Waals surface area contributed by atoms with E-state index in [0.717, 1.165) is 5.56 Å². The van der Waals surface area contributed by atoms with Crippen molar-refractivity contribution in [3.63, 3.8) is 0 Å². The van der Waals surface area contributed by atoms with Crippen LogP contribution in [0.3, 0.4) is 0 Å². The van der Waals surface area contributed by atoms with Crippen molar-refractivity contribution in [1.29, 1.82) is 0 Å². The number of aliphatic hydroxyl groups excluding tert-OH is 1. The molecule has 21 heavy (non-hydrogen) atoms. The zero-order chi connectivity index (χ0) is 15.1. The highest BCUT2D eigenvalue weighted by atomic mass is 16.5.